The lowest BCUT2D eigenvalue weighted by molar-refractivity contribution is -0.0742. The predicted molar refractivity (Wildman–Crippen MR) is 114 cm³/mol. The Morgan fingerprint density at radius 2 is 1.97 bits per heavy atom. The number of amidine groups is 1. The lowest BCUT2D eigenvalue weighted by atomic mass is 9.89. The van der Waals surface area contributed by atoms with Crippen LogP contribution < -0.4 is 10.6 Å². The summed E-state index contributed by atoms with van der Waals surface area (Å²) in [5.74, 6) is -1.83. The third-order valence-corrected chi connectivity index (χ3v) is 5.25. The van der Waals surface area contributed by atoms with Crippen molar-refractivity contribution >= 4 is 11.9 Å². The molecule has 174 valence electrons. The van der Waals surface area contributed by atoms with Crippen molar-refractivity contribution < 1.29 is 28.2 Å². The number of benzene rings is 1. The highest BCUT2D eigenvalue weighted by molar-refractivity contribution is 5.91. The first kappa shape index (κ1) is 25.0. The smallest absolute Gasteiger partial charge is 0.408 e. The van der Waals surface area contributed by atoms with Crippen LogP contribution in [0.2, 0.25) is 0 Å². The van der Waals surface area contributed by atoms with Gasteiger partial charge >= 0.3 is 6.09 Å². The first-order chi connectivity index (χ1) is 14.3. The van der Waals surface area contributed by atoms with Crippen molar-refractivity contribution in [2.75, 3.05) is 20.2 Å². The summed E-state index contributed by atoms with van der Waals surface area (Å²) in [4.78, 5) is 16.8. The molecule has 1 aromatic carbocycles. The molecule has 1 heterocycles. The normalized spacial score (nSPS) is 20.6. The van der Waals surface area contributed by atoms with Gasteiger partial charge in [-0.3, -0.25) is 4.99 Å². The molecule has 1 aliphatic rings. The van der Waals surface area contributed by atoms with E-state index in [9.17, 15) is 18.7 Å². The topological polar surface area (TPSA) is 92.2 Å². The van der Waals surface area contributed by atoms with Gasteiger partial charge in [-0.05, 0) is 52.7 Å². The second-order valence-electron chi connectivity index (χ2n) is 9.20. The van der Waals surface area contributed by atoms with Crippen molar-refractivity contribution in [3.8, 4) is 0 Å². The SMILES string of the molecule is COC(C)(C)C(O)CNC1=NC[C@H](c2cccc(F)c2F)C[C@@H]1NC(=O)OC(C)(C)C. The highest BCUT2D eigenvalue weighted by atomic mass is 19.2. The molecule has 0 bridgehead atoms. The summed E-state index contributed by atoms with van der Waals surface area (Å²) in [6.07, 6.45) is -1.21. The van der Waals surface area contributed by atoms with Gasteiger partial charge in [0.05, 0.1) is 17.7 Å². The number of carbonyl (C=O) groups is 1. The summed E-state index contributed by atoms with van der Waals surface area (Å²) in [6, 6.07) is 3.40. The van der Waals surface area contributed by atoms with E-state index in [1.54, 1.807) is 34.6 Å². The molecular formula is C22H33F2N3O4. The number of aliphatic hydroxyl groups is 1. The van der Waals surface area contributed by atoms with Crippen LogP contribution >= 0.6 is 0 Å². The molecule has 1 amide bonds. The van der Waals surface area contributed by atoms with Crippen LogP contribution in [0.15, 0.2) is 23.2 Å². The number of nitrogens with zero attached hydrogens (tertiary/aromatic N) is 1. The maximum atomic E-state index is 14.3. The molecule has 1 unspecified atom stereocenters. The Labute approximate surface area is 182 Å². The van der Waals surface area contributed by atoms with Gasteiger partial charge in [-0.1, -0.05) is 12.1 Å². The van der Waals surface area contributed by atoms with E-state index in [0.29, 0.717) is 5.84 Å². The Morgan fingerprint density at radius 3 is 2.58 bits per heavy atom. The van der Waals surface area contributed by atoms with Crippen LogP contribution in [-0.2, 0) is 9.47 Å². The molecular weight excluding hydrogens is 408 g/mol. The van der Waals surface area contributed by atoms with Crippen molar-refractivity contribution in [2.24, 2.45) is 4.99 Å². The van der Waals surface area contributed by atoms with Gasteiger partial charge in [0, 0.05) is 26.1 Å². The van der Waals surface area contributed by atoms with E-state index in [1.807, 2.05) is 0 Å². The van der Waals surface area contributed by atoms with Crippen LogP contribution in [0.1, 0.15) is 52.5 Å². The zero-order valence-electron chi connectivity index (χ0n) is 19.0. The molecule has 7 nitrogen and oxygen atoms in total. The number of carbonyl (C=O) groups excluding carboxylic acids is 1. The van der Waals surface area contributed by atoms with Gasteiger partial charge in [0.25, 0.3) is 0 Å². The van der Waals surface area contributed by atoms with Crippen LogP contribution in [0.4, 0.5) is 13.6 Å². The van der Waals surface area contributed by atoms with E-state index in [-0.39, 0.29) is 25.1 Å². The number of ether oxygens (including phenoxy) is 2. The number of methoxy groups -OCH3 is 1. The second kappa shape index (κ2) is 9.91. The summed E-state index contributed by atoms with van der Waals surface area (Å²) in [5, 5.41) is 16.2. The number of rotatable bonds is 6. The van der Waals surface area contributed by atoms with Crippen molar-refractivity contribution in [1.29, 1.82) is 0 Å². The third-order valence-electron chi connectivity index (χ3n) is 5.25. The molecule has 0 aliphatic carbocycles. The Morgan fingerprint density at radius 1 is 1.29 bits per heavy atom. The fourth-order valence-corrected chi connectivity index (χ4v) is 3.19. The van der Waals surface area contributed by atoms with Gasteiger partial charge in [0.1, 0.15) is 11.4 Å². The lowest BCUT2D eigenvalue weighted by Crippen LogP contribution is -2.54. The molecule has 0 saturated carbocycles. The third kappa shape index (κ3) is 6.87. The molecule has 2 rings (SSSR count). The molecule has 0 fully saturated rings. The van der Waals surface area contributed by atoms with Gasteiger partial charge in [0.15, 0.2) is 11.6 Å². The summed E-state index contributed by atoms with van der Waals surface area (Å²) < 4.78 is 38.6. The highest BCUT2D eigenvalue weighted by Crippen LogP contribution is 2.29. The number of aliphatic hydroxyl groups excluding tert-OH is 1. The van der Waals surface area contributed by atoms with E-state index < -0.39 is 47.0 Å². The van der Waals surface area contributed by atoms with Crippen LogP contribution in [0.25, 0.3) is 0 Å². The number of alkyl carbamates (subject to hydrolysis) is 1. The summed E-state index contributed by atoms with van der Waals surface area (Å²) >= 11 is 0. The zero-order chi connectivity index (χ0) is 23.4. The van der Waals surface area contributed by atoms with Gasteiger partial charge in [-0.25, -0.2) is 13.6 Å². The van der Waals surface area contributed by atoms with Crippen molar-refractivity contribution in [3.05, 3.63) is 35.4 Å². The number of amides is 1. The molecule has 1 aliphatic heterocycles. The van der Waals surface area contributed by atoms with E-state index in [4.69, 9.17) is 9.47 Å². The fourth-order valence-electron chi connectivity index (χ4n) is 3.19. The van der Waals surface area contributed by atoms with E-state index in [2.05, 4.69) is 15.6 Å². The Kier molecular flexibility index (Phi) is 7.99. The fraction of sp³-hybridized carbons (Fsp3) is 0.636. The van der Waals surface area contributed by atoms with Crippen molar-refractivity contribution in [3.63, 3.8) is 0 Å². The first-order valence-corrected chi connectivity index (χ1v) is 10.3. The molecule has 31 heavy (non-hydrogen) atoms. The van der Waals surface area contributed by atoms with Gasteiger partial charge in [-0.2, -0.15) is 0 Å². The van der Waals surface area contributed by atoms with Crippen LogP contribution in [0.3, 0.4) is 0 Å². The minimum Gasteiger partial charge on any atom is -0.444 e. The summed E-state index contributed by atoms with van der Waals surface area (Å²) in [5.41, 5.74) is -1.28. The Bertz CT molecular complexity index is 808. The molecule has 0 radical (unpaired) electrons. The Hall–Kier alpha value is -2.26. The maximum Gasteiger partial charge on any atom is 0.408 e. The van der Waals surface area contributed by atoms with Crippen molar-refractivity contribution in [1.82, 2.24) is 10.6 Å². The van der Waals surface area contributed by atoms with Crippen molar-refractivity contribution in [2.45, 2.75) is 70.3 Å². The van der Waals surface area contributed by atoms with E-state index in [1.165, 1.54) is 19.2 Å². The van der Waals surface area contributed by atoms with Gasteiger partial charge in [0.2, 0.25) is 0 Å². The maximum absolute atomic E-state index is 14.3. The van der Waals surface area contributed by atoms with Gasteiger partial charge < -0.3 is 25.2 Å². The predicted octanol–water partition coefficient (Wildman–Crippen LogP) is 3.12. The average Bonchev–Trinajstić information content (AvgIpc) is 2.67. The number of halogens is 2. The molecule has 3 N–H and O–H groups in total. The van der Waals surface area contributed by atoms with Crippen LogP contribution in [0, 0.1) is 11.6 Å². The number of hydrogen-bond acceptors (Lipinski definition) is 6. The average molecular weight is 442 g/mol. The first-order valence-electron chi connectivity index (χ1n) is 10.3. The quantitative estimate of drug-likeness (QED) is 0.631. The number of nitrogens with one attached hydrogen (secondary N) is 2. The lowest BCUT2D eigenvalue weighted by Gasteiger charge is -2.33. The summed E-state index contributed by atoms with van der Waals surface area (Å²) in [6.45, 7) is 9.07. The second-order valence-corrected chi connectivity index (χ2v) is 9.20. The number of aliphatic imine (C=N–C) groups is 1. The number of hydrogen-bond donors (Lipinski definition) is 3. The van der Waals surface area contributed by atoms with E-state index in [0.717, 1.165) is 6.07 Å². The monoisotopic (exact) mass is 441 g/mol. The molecule has 0 aromatic heterocycles. The molecule has 0 spiro atoms. The van der Waals surface area contributed by atoms with E-state index >= 15 is 0 Å². The Balaban J connectivity index is 2.21. The minimum atomic E-state index is -0.924. The molecule has 3 atom stereocenters. The largest absolute Gasteiger partial charge is 0.444 e. The van der Waals surface area contributed by atoms with Gasteiger partial charge in [-0.15, -0.1) is 0 Å². The molecule has 0 saturated heterocycles. The molecule has 9 heteroatoms. The molecule has 1 aromatic rings. The minimum absolute atomic E-state index is 0.130. The standard InChI is InChI=1S/C22H33F2N3O4/c1-21(2,3)31-20(29)27-16-10-13(14-8-7-9-15(23)18(14)24)11-25-19(16)26-12-17(28)22(4,5)30-6/h7-9,13,16-17,28H,10-12H2,1-6H3,(H,25,26)(H,27,29)/t13-,16+,17?/m1/s1. The van der Waals surface area contributed by atoms with Crippen LogP contribution in [0.5, 0.6) is 0 Å². The zero-order valence-corrected chi connectivity index (χ0v) is 19.0. The van der Waals surface area contributed by atoms with Crippen LogP contribution in [-0.4, -0.2) is 60.6 Å². The highest BCUT2D eigenvalue weighted by Gasteiger charge is 2.33. The summed E-state index contributed by atoms with van der Waals surface area (Å²) in [7, 11) is 1.51.